The fourth-order valence-electron chi connectivity index (χ4n) is 5.21. The van der Waals surface area contributed by atoms with E-state index in [1.807, 2.05) is 4.90 Å². The molecule has 1 aromatic heterocycles. The van der Waals surface area contributed by atoms with E-state index < -0.39 is 17.8 Å². The number of hydrogen-bond acceptors (Lipinski definition) is 7. The van der Waals surface area contributed by atoms with Crippen LogP contribution in [0.4, 0.5) is 19.0 Å². The SMILES string of the molecule is CC(C)(C)NC1CCC(N2CCC(Nc3nc(CCN)nc4ccc(C(F)(F)F)cc34)C2=O)CC1.CC(N)=O. The van der Waals surface area contributed by atoms with E-state index in [2.05, 4.69) is 47.1 Å². The third-order valence-corrected chi connectivity index (χ3v) is 6.76. The zero-order valence-electron chi connectivity index (χ0n) is 23.1. The van der Waals surface area contributed by atoms with Gasteiger partial charge in [-0.1, -0.05) is 0 Å². The molecule has 2 fully saturated rings. The topological polar surface area (TPSA) is 139 Å². The number of nitrogens with one attached hydrogen (secondary N) is 2. The monoisotopic (exact) mass is 551 g/mol. The Hall–Kier alpha value is -2.99. The van der Waals surface area contributed by atoms with Crippen molar-refractivity contribution in [2.45, 2.75) is 96.1 Å². The molecule has 2 heterocycles. The number of likely N-dealkylation sites (tertiary alicyclic amines) is 1. The van der Waals surface area contributed by atoms with Gasteiger partial charge in [0, 0.05) is 42.9 Å². The van der Waals surface area contributed by atoms with Crippen molar-refractivity contribution in [1.82, 2.24) is 20.2 Å². The van der Waals surface area contributed by atoms with Gasteiger partial charge in [-0.15, -0.1) is 0 Å². The quantitative estimate of drug-likeness (QED) is 0.432. The molecule has 39 heavy (non-hydrogen) atoms. The lowest BCUT2D eigenvalue weighted by molar-refractivity contribution is -0.137. The van der Waals surface area contributed by atoms with Gasteiger partial charge in [-0.2, -0.15) is 13.2 Å². The number of amides is 2. The highest BCUT2D eigenvalue weighted by Crippen LogP contribution is 2.34. The molecule has 12 heteroatoms. The highest BCUT2D eigenvalue weighted by atomic mass is 19.4. The number of rotatable bonds is 6. The number of carbonyl (C=O) groups excluding carboxylic acids is 2. The number of alkyl halides is 3. The van der Waals surface area contributed by atoms with E-state index >= 15 is 0 Å². The van der Waals surface area contributed by atoms with E-state index in [1.165, 1.54) is 13.0 Å². The minimum Gasteiger partial charge on any atom is -0.370 e. The van der Waals surface area contributed by atoms with Crippen LogP contribution in [0.15, 0.2) is 18.2 Å². The molecule has 216 valence electrons. The van der Waals surface area contributed by atoms with E-state index in [0.717, 1.165) is 37.8 Å². The number of primary amides is 1. The molecule has 4 rings (SSSR count). The zero-order valence-corrected chi connectivity index (χ0v) is 23.1. The lowest BCUT2D eigenvalue weighted by Gasteiger charge is -2.37. The first kappa shape index (κ1) is 30.6. The van der Waals surface area contributed by atoms with Crippen LogP contribution in [0.25, 0.3) is 10.9 Å². The Morgan fingerprint density at radius 2 is 1.74 bits per heavy atom. The van der Waals surface area contributed by atoms with Gasteiger partial charge >= 0.3 is 6.18 Å². The number of nitrogens with two attached hydrogens (primary N) is 2. The molecule has 1 saturated carbocycles. The Labute approximate surface area is 227 Å². The molecule has 1 aromatic carbocycles. The van der Waals surface area contributed by atoms with E-state index in [9.17, 15) is 22.8 Å². The van der Waals surface area contributed by atoms with Crippen LogP contribution >= 0.6 is 0 Å². The third-order valence-electron chi connectivity index (χ3n) is 6.76. The molecule has 1 unspecified atom stereocenters. The standard InChI is InChI=1S/C25H35F3N6O.C2H5NO/c1-24(2,3)33-16-5-7-17(8-6-16)34-13-11-20(23(34)35)31-22-18-14-15(25(26,27)28)4-9-19(18)30-21(32-22)10-12-29;1-2(3)4/h4,9,14,16-17,20,33H,5-8,10-13,29H2,1-3H3,(H,30,31,32);1H3,(H2,3,4). The summed E-state index contributed by atoms with van der Waals surface area (Å²) < 4.78 is 40.0. The first-order valence-corrected chi connectivity index (χ1v) is 13.4. The van der Waals surface area contributed by atoms with Crippen LogP contribution in [0, 0.1) is 0 Å². The van der Waals surface area contributed by atoms with Gasteiger partial charge in [0.1, 0.15) is 17.7 Å². The van der Waals surface area contributed by atoms with Gasteiger partial charge in [0.15, 0.2) is 0 Å². The Bertz CT molecular complexity index is 1150. The van der Waals surface area contributed by atoms with Crippen molar-refractivity contribution in [3.05, 3.63) is 29.6 Å². The average Bonchev–Trinajstić information content (AvgIpc) is 3.17. The number of fused-ring (bicyclic) bond motifs is 1. The summed E-state index contributed by atoms with van der Waals surface area (Å²) in [6.07, 6.45) is 0.405. The van der Waals surface area contributed by atoms with E-state index in [0.29, 0.717) is 43.3 Å². The minimum absolute atomic E-state index is 0.0173. The molecular weight excluding hydrogens is 511 g/mol. The molecule has 1 atom stereocenters. The van der Waals surface area contributed by atoms with Gasteiger partial charge in [0.2, 0.25) is 11.8 Å². The zero-order chi connectivity index (χ0) is 29.0. The number of halogens is 3. The molecule has 0 radical (unpaired) electrons. The fourth-order valence-corrected chi connectivity index (χ4v) is 5.21. The molecule has 1 aliphatic carbocycles. The summed E-state index contributed by atoms with van der Waals surface area (Å²) in [5.41, 5.74) is 9.80. The second-order valence-corrected chi connectivity index (χ2v) is 11.3. The van der Waals surface area contributed by atoms with Gasteiger partial charge in [-0.3, -0.25) is 9.59 Å². The largest absolute Gasteiger partial charge is 0.416 e. The van der Waals surface area contributed by atoms with Crippen molar-refractivity contribution in [2.75, 3.05) is 18.4 Å². The van der Waals surface area contributed by atoms with E-state index in [4.69, 9.17) is 5.73 Å². The van der Waals surface area contributed by atoms with Crippen LogP contribution in [-0.2, 0) is 22.2 Å². The molecule has 2 amide bonds. The van der Waals surface area contributed by atoms with Crippen molar-refractivity contribution in [3.63, 3.8) is 0 Å². The molecular formula is C27H40F3N7O2. The maximum Gasteiger partial charge on any atom is 0.416 e. The van der Waals surface area contributed by atoms with Crippen LogP contribution < -0.4 is 22.1 Å². The molecule has 6 N–H and O–H groups in total. The second kappa shape index (κ2) is 12.5. The van der Waals surface area contributed by atoms with Crippen LogP contribution in [0.3, 0.4) is 0 Å². The van der Waals surface area contributed by atoms with Crippen molar-refractivity contribution in [2.24, 2.45) is 11.5 Å². The number of nitrogens with zero attached hydrogens (tertiary/aromatic N) is 3. The minimum atomic E-state index is -4.48. The van der Waals surface area contributed by atoms with Crippen LogP contribution in [0.2, 0.25) is 0 Å². The number of carbonyl (C=O) groups is 2. The van der Waals surface area contributed by atoms with Crippen molar-refractivity contribution in [3.8, 4) is 0 Å². The maximum atomic E-state index is 13.3. The van der Waals surface area contributed by atoms with Crippen LogP contribution in [0.1, 0.15) is 71.2 Å². The average molecular weight is 552 g/mol. The van der Waals surface area contributed by atoms with Gasteiger partial charge in [-0.05, 0) is 77.6 Å². The number of anilines is 1. The lowest BCUT2D eigenvalue weighted by atomic mass is 9.89. The van der Waals surface area contributed by atoms with Crippen LogP contribution in [0.5, 0.6) is 0 Å². The summed E-state index contributed by atoms with van der Waals surface area (Å²) in [6, 6.07) is 3.52. The van der Waals surface area contributed by atoms with Gasteiger partial charge in [0.25, 0.3) is 0 Å². The normalized spacial score (nSPS) is 22.0. The van der Waals surface area contributed by atoms with E-state index in [-0.39, 0.29) is 34.6 Å². The summed E-state index contributed by atoms with van der Waals surface area (Å²) >= 11 is 0. The number of benzene rings is 1. The predicted molar refractivity (Wildman–Crippen MR) is 145 cm³/mol. The van der Waals surface area contributed by atoms with Crippen molar-refractivity contribution >= 4 is 28.5 Å². The summed E-state index contributed by atoms with van der Waals surface area (Å²) in [5, 5.41) is 7.06. The van der Waals surface area contributed by atoms with Crippen LogP contribution in [-0.4, -0.2) is 63.4 Å². The second-order valence-electron chi connectivity index (χ2n) is 11.3. The fraction of sp³-hybridized carbons (Fsp3) is 0.630. The Morgan fingerprint density at radius 1 is 1.10 bits per heavy atom. The highest BCUT2D eigenvalue weighted by Gasteiger charge is 2.38. The number of hydrogen-bond donors (Lipinski definition) is 4. The summed E-state index contributed by atoms with van der Waals surface area (Å²) in [6.45, 7) is 8.73. The predicted octanol–water partition coefficient (Wildman–Crippen LogP) is 3.35. The highest BCUT2D eigenvalue weighted by molar-refractivity contribution is 5.93. The van der Waals surface area contributed by atoms with Crippen molar-refractivity contribution in [1.29, 1.82) is 0 Å². The number of aromatic nitrogens is 2. The first-order valence-electron chi connectivity index (χ1n) is 13.4. The smallest absolute Gasteiger partial charge is 0.370 e. The first-order chi connectivity index (χ1) is 18.2. The van der Waals surface area contributed by atoms with E-state index in [1.54, 1.807) is 0 Å². The van der Waals surface area contributed by atoms with Gasteiger partial charge < -0.3 is 27.0 Å². The molecule has 0 spiro atoms. The van der Waals surface area contributed by atoms with Gasteiger partial charge in [0.05, 0.1) is 11.1 Å². The summed E-state index contributed by atoms with van der Waals surface area (Å²) in [7, 11) is 0. The molecule has 0 bridgehead atoms. The van der Waals surface area contributed by atoms with Crippen molar-refractivity contribution < 1.29 is 22.8 Å². The molecule has 2 aliphatic rings. The van der Waals surface area contributed by atoms with Gasteiger partial charge in [-0.25, -0.2) is 9.97 Å². The Balaban J connectivity index is 0.000000983. The molecule has 9 nitrogen and oxygen atoms in total. The third kappa shape index (κ3) is 8.50. The summed E-state index contributed by atoms with van der Waals surface area (Å²) in [5.74, 6) is 0.341. The Kier molecular flexibility index (Phi) is 9.76. The maximum absolute atomic E-state index is 13.3. The lowest BCUT2D eigenvalue weighted by Crippen LogP contribution is -2.49. The molecule has 1 saturated heterocycles. The molecule has 1 aliphatic heterocycles. The Morgan fingerprint density at radius 3 is 2.31 bits per heavy atom. The summed E-state index contributed by atoms with van der Waals surface area (Å²) in [4.78, 5) is 33.3. The molecule has 2 aromatic rings.